The number of amides is 1. The van der Waals surface area contributed by atoms with E-state index in [0.717, 1.165) is 56.0 Å². The van der Waals surface area contributed by atoms with Crippen molar-refractivity contribution in [1.82, 2.24) is 10.3 Å². The Hall–Kier alpha value is -1.58. The Morgan fingerprint density at radius 1 is 1.08 bits per heavy atom. The Bertz CT molecular complexity index is 615. The standard InChI is InChI=1S/C22H31N3O/c26-21(22-12-17-9-18(13-22)11-19(10-17)14-22)24-15-16-4-7-25(8-5-16)20-3-1-2-6-23-20/h1-3,6,16-19H,4-5,7-15H2,(H,24,26). The highest BCUT2D eigenvalue weighted by Crippen LogP contribution is 2.60. The number of hydrogen-bond acceptors (Lipinski definition) is 3. The van der Waals surface area contributed by atoms with Crippen LogP contribution in [0.1, 0.15) is 51.4 Å². The SMILES string of the molecule is O=C(NCC1CCN(c2ccccn2)CC1)C12CC3CC(CC(C3)C1)C2. The van der Waals surface area contributed by atoms with Gasteiger partial charge in [0.25, 0.3) is 0 Å². The highest BCUT2D eigenvalue weighted by molar-refractivity contribution is 5.83. The van der Waals surface area contributed by atoms with Crippen LogP contribution in [0.3, 0.4) is 0 Å². The molecular weight excluding hydrogens is 322 g/mol. The van der Waals surface area contributed by atoms with E-state index in [0.29, 0.717) is 11.8 Å². The quantitative estimate of drug-likeness (QED) is 0.899. The minimum Gasteiger partial charge on any atom is -0.357 e. The molecule has 5 aliphatic rings. The molecule has 1 amide bonds. The molecule has 4 bridgehead atoms. The van der Waals surface area contributed by atoms with Crippen LogP contribution in [-0.4, -0.2) is 30.5 Å². The normalized spacial score (nSPS) is 36.3. The lowest BCUT2D eigenvalue weighted by Crippen LogP contribution is -2.54. The van der Waals surface area contributed by atoms with E-state index in [1.54, 1.807) is 0 Å². The van der Waals surface area contributed by atoms with Crippen LogP contribution in [-0.2, 0) is 4.79 Å². The van der Waals surface area contributed by atoms with E-state index in [-0.39, 0.29) is 5.41 Å². The molecule has 1 N–H and O–H groups in total. The molecule has 2 heterocycles. The molecule has 0 radical (unpaired) electrons. The van der Waals surface area contributed by atoms with Gasteiger partial charge in [-0.25, -0.2) is 4.98 Å². The summed E-state index contributed by atoms with van der Waals surface area (Å²) >= 11 is 0. The predicted molar refractivity (Wildman–Crippen MR) is 103 cm³/mol. The summed E-state index contributed by atoms with van der Waals surface area (Å²) < 4.78 is 0. The Kier molecular flexibility index (Phi) is 4.17. The number of rotatable bonds is 4. The average Bonchev–Trinajstić information content (AvgIpc) is 2.66. The molecule has 26 heavy (non-hydrogen) atoms. The van der Waals surface area contributed by atoms with Crippen LogP contribution in [0.5, 0.6) is 0 Å². The van der Waals surface area contributed by atoms with Gasteiger partial charge in [0.05, 0.1) is 0 Å². The van der Waals surface area contributed by atoms with E-state index in [1.165, 1.54) is 38.5 Å². The van der Waals surface area contributed by atoms with Crippen molar-refractivity contribution in [3.63, 3.8) is 0 Å². The fourth-order valence-corrected chi connectivity index (χ4v) is 6.72. The summed E-state index contributed by atoms with van der Waals surface area (Å²) in [7, 11) is 0. The summed E-state index contributed by atoms with van der Waals surface area (Å²) in [5.74, 6) is 4.62. The third kappa shape index (κ3) is 3.01. The molecule has 0 atom stereocenters. The van der Waals surface area contributed by atoms with E-state index >= 15 is 0 Å². The summed E-state index contributed by atoms with van der Waals surface area (Å²) in [4.78, 5) is 19.9. The van der Waals surface area contributed by atoms with Gasteiger partial charge in [0, 0.05) is 31.2 Å². The van der Waals surface area contributed by atoms with Crippen molar-refractivity contribution < 1.29 is 4.79 Å². The lowest BCUT2D eigenvalue weighted by Gasteiger charge is -2.55. The van der Waals surface area contributed by atoms with Crippen LogP contribution in [0, 0.1) is 29.1 Å². The van der Waals surface area contributed by atoms with Gasteiger partial charge in [-0.05, 0) is 87.2 Å². The zero-order valence-electron chi connectivity index (χ0n) is 15.7. The van der Waals surface area contributed by atoms with Crippen LogP contribution >= 0.6 is 0 Å². The molecule has 6 rings (SSSR count). The minimum atomic E-state index is 0.00338. The average molecular weight is 354 g/mol. The second-order valence-electron chi connectivity index (χ2n) is 9.53. The third-order valence-corrected chi connectivity index (χ3v) is 7.66. The highest BCUT2D eigenvalue weighted by atomic mass is 16.2. The second kappa shape index (κ2) is 6.54. The highest BCUT2D eigenvalue weighted by Gasteiger charge is 2.54. The van der Waals surface area contributed by atoms with E-state index in [2.05, 4.69) is 27.3 Å². The molecule has 1 saturated heterocycles. The number of pyridine rings is 1. The summed E-state index contributed by atoms with van der Waals surface area (Å²) in [6, 6.07) is 6.12. The first kappa shape index (κ1) is 16.6. The molecule has 0 aromatic carbocycles. The third-order valence-electron chi connectivity index (χ3n) is 7.66. The lowest BCUT2D eigenvalue weighted by atomic mass is 9.49. The maximum Gasteiger partial charge on any atom is 0.226 e. The van der Waals surface area contributed by atoms with Crippen LogP contribution in [0.25, 0.3) is 0 Å². The van der Waals surface area contributed by atoms with Gasteiger partial charge >= 0.3 is 0 Å². The summed E-state index contributed by atoms with van der Waals surface area (Å²) in [6.07, 6.45) is 11.9. The van der Waals surface area contributed by atoms with Crippen molar-refractivity contribution in [2.75, 3.05) is 24.5 Å². The maximum atomic E-state index is 13.1. The van der Waals surface area contributed by atoms with Gasteiger partial charge in [-0.1, -0.05) is 6.07 Å². The van der Waals surface area contributed by atoms with Gasteiger partial charge in [-0.15, -0.1) is 0 Å². The van der Waals surface area contributed by atoms with Crippen molar-refractivity contribution in [2.45, 2.75) is 51.4 Å². The molecule has 140 valence electrons. The van der Waals surface area contributed by atoms with Crippen LogP contribution in [0.4, 0.5) is 5.82 Å². The second-order valence-corrected chi connectivity index (χ2v) is 9.53. The molecule has 4 nitrogen and oxygen atoms in total. The molecule has 4 saturated carbocycles. The van der Waals surface area contributed by atoms with Gasteiger partial charge < -0.3 is 10.2 Å². The fourth-order valence-electron chi connectivity index (χ4n) is 6.72. The van der Waals surface area contributed by atoms with Crippen LogP contribution in [0.15, 0.2) is 24.4 Å². The van der Waals surface area contributed by atoms with Gasteiger partial charge in [0.1, 0.15) is 5.82 Å². The van der Waals surface area contributed by atoms with Gasteiger partial charge in [0.15, 0.2) is 0 Å². The van der Waals surface area contributed by atoms with Gasteiger partial charge in [0.2, 0.25) is 5.91 Å². The molecule has 0 unspecified atom stereocenters. The topological polar surface area (TPSA) is 45.2 Å². The Balaban J connectivity index is 1.14. The first-order valence-corrected chi connectivity index (χ1v) is 10.6. The maximum absolute atomic E-state index is 13.1. The van der Waals surface area contributed by atoms with Crippen molar-refractivity contribution in [1.29, 1.82) is 0 Å². The zero-order chi connectivity index (χ0) is 17.6. The Labute approximate surface area is 156 Å². The molecule has 4 heteroatoms. The first-order chi connectivity index (χ1) is 12.7. The molecule has 4 aliphatic carbocycles. The number of aromatic nitrogens is 1. The van der Waals surface area contributed by atoms with Crippen LogP contribution < -0.4 is 10.2 Å². The number of carbonyl (C=O) groups excluding carboxylic acids is 1. The number of nitrogens with one attached hydrogen (secondary N) is 1. The minimum absolute atomic E-state index is 0.00338. The van der Waals surface area contributed by atoms with Gasteiger partial charge in [-0.2, -0.15) is 0 Å². The van der Waals surface area contributed by atoms with E-state index in [1.807, 2.05) is 12.3 Å². The zero-order valence-corrected chi connectivity index (χ0v) is 15.7. The summed E-state index contributed by atoms with van der Waals surface area (Å²) in [5.41, 5.74) is 0.00338. The summed E-state index contributed by atoms with van der Waals surface area (Å²) in [5, 5.41) is 3.39. The van der Waals surface area contributed by atoms with Crippen molar-refractivity contribution in [2.24, 2.45) is 29.1 Å². The predicted octanol–water partition coefficient (Wildman–Crippen LogP) is 3.63. The smallest absolute Gasteiger partial charge is 0.226 e. The fraction of sp³-hybridized carbons (Fsp3) is 0.727. The number of hydrogen-bond donors (Lipinski definition) is 1. The number of nitrogens with zero attached hydrogens (tertiary/aromatic N) is 2. The van der Waals surface area contributed by atoms with Gasteiger partial charge in [-0.3, -0.25) is 4.79 Å². The number of carbonyl (C=O) groups is 1. The first-order valence-electron chi connectivity index (χ1n) is 10.6. The van der Waals surface area contributed by atoms with Crippen LogP contribution in [0.2, 0.25) is 0 Å². The van der Waals surface area contributed by atoms with Crippen molar-refractivity contribution in [3.8, 4) is 0 Å². The Morgan fingerprint density at radius 3 is 2.31 bits per heavy atom. The molecule has 1 aromatic heterocycles. The molecule has 0 spiro atoms. The largest absolute Gasteiger partial charge is 0.357 e. The van der Waals surface area contributed by atoms with E-state index in [9.17, 15) is 4.79 Å². The molecule has 1 aliphatic heterocycles. The molecule has 1 aromatic rings. The van der Waals surface area contributed by atoms with E-state index in [4.69, 9.17) is 0 Å². The Morgan fingerprint density at radius 2 is 1.73 bits per heavy atom. The molecular formula is C22H31N3O. The van der Waals surface area contributed by atoms with Crippen molar-refractivity contribution >= 4 is 11.7 Å². The van der Waals surface area contributed by atoms with E-state index < -0.39 is 0 Å². The number of anilines is 1. The summed E-state index contributed by atoms with van der Waals surface area (Å²) in [6.45, 7) is 2.97. The molecule has 5 fully saturated rings. The lowest BCUT2D eigenvalue weighted by molar-refractivity contribution is -0.146. The monoisotopic (exact) mass is 353 g/mol. The van der Waals surface area contributed by atoms with Crippen molar-refractivity contribution in [3.05, 3.63) is 24.4 Å². The number of piperidine rings is 1.